The van der Waals surface area contributed by atoms with Crippen LogP contribution in [-0.2, 0) is 9.53 Å². The summed E-state index contributed by atoms with van der Waals surface area (Å²) in [5, 5.41) is 5.89. The molecule has 3 amide bonds. The van der Waals surface area contributed by atoms with Crippen LogP contribution < -0.4 is 15.4 Å². The molecule has 0 aromatic heterocycles. The van der Waals surface area contributed by atoms with Crippen LogP contribution in [0.25, 0.3) is 0 Å². The minimum atomic E-state index is -0.306. The first-order chi connectivity index (χ1) is 13.3. The monoisotopic (exact) mass is 409 g/mol. The molecular weight excluding hydrogens is 386 g/mol. The predicted molar refractivity (Wildman–Crippen MR) is 104 cm³/mol. The van der Waals surface area contributed by atoms with Gasteiger partial charge in [0.25, 0.3) is 5.91 Å². The molecule has 1 aromatic rings. The number of anilines is 1. The summed E-state index contributed by atoms with van der Waals surface area (Å²) >= 11 is 6.21. The van der Waals surface area contributed by atoms with Gasteiger partial charge in [0.2, 0.25) is 5.91 Å². The van der Waals surface area contributed by atoms with Gasteiger partial charge in [-0.05, 0) is 31.7 Å². The number of halogens is 1. The highest BCUT2D eigenvalue weighted by Gasteiger charge is 2.44. The molecule has 3 rings (SSSR count). The number of nitrogens with zero attached hydrogens (tertiary/aromatic N) is 1. The number of carbonyl (C=O) groups is 3. The lowest BCUT2D eigenvalue weighted by atomic mass is 9.97. The third-order valence-electron chi connectivity index (χ3n) is 5.30. The highest BCUT2D eigenvalue weighted by atomic mass is 35.5. The summed E-state index contributed by atoms with van der Waals surface area (Å²) < 4.78 is 10.2. The second-order valence-corrected chi connectivity index (χ2v) is 7.52. The van der Waals surface area contributed by atoms with Crippen molar-refractivity contribution in [3.8, 4) is 5.75 Å². The third-order valence-corrected chi connectivity index (χ3v) is 5.61. The number of nitrogens with one attached hydrogen (secondary N) is 2. The second-order valence-electron chi connectivity index (χ2n) is 7.12. The number of amides is 3. The maximum Gasteiger partial charge on any atom is 0.409 e. The molecule has 2 unspecified atom stereocenters. The normalized spacial score (nSPS) is 23.1. The Hall–Kier alpha value is -2.48. The maximum absolute atomic E-state index is 12.8. The Kier molecular flexibility index (Phi) is 5.98. The van der Waals surface area contributed by atoms with Gasteiger partial charge in [-0.2, -0.15) is 0 Å². The number of fused-ring (bicyclic) bond motifs is 2. The zero-order valence-electron chi connectivity index (χ0n) is 16.1. The SMILES string of the molecule is COC(=O)N1C2CCC1CC(NC(=O)c1cc(Cl)c(NC(C)=O)cc1OC)C2. The topological polar surface area (TPSA) is 97.0 Å². The van der Waals surface area contributed by atoms with Gasteiger partial charge in [-0.15, -0.1) is 0 Å². The Labute approximate surface area is 168 Å². The van der Waals surface area contributed by atoms with Crippen LogP contribution in [0.1, 0.15) is 43.0 Å². The van der Waals surface area contributed by atoms with Crippen LogP contribution in [0, 0.1) is 0 Å². The Morgan fingerprint density at radius 2 is 1.79 bits per heavy atom. The molecule has 2 saturated heterocycles. The molecule has 1 aromatic carbocycles. The number of methoxy groups -OCH3 is 2. The molecular formula is C19H24ClN3O5. The fourth-order valence-corrected chi connectivity index (χ4v) is 4.36. The zero-order valence-corrected chi connectivity index (χ0v) is 16.8. The lowest BCUT2D eigenvalue weighted by Crippen LogP contribution is -2.52. The first kappa shape index (κ1) is 20.3. The van der Waals surface area contributed by atoms with Crippen LogP contribution in [0.15, 0.2) is 12.1 Å². The van der Waals surface area contributed by atoms with Crippen molar-refractivity contribution in [2.45, 2.75) is 50.7 Å². The van der Waals surface area contributed by atoms with Crippen molar-refractivity contribution in [3.63, 3.8) is 0 Å². The summed E-state index contributed by atoms with van der Waals surface area (Å²) in [6.45, 7) is 1.37. The molecule has 0 saturated carbocycles. The summed E-state index contributed by atoms with van der Waals surface area (Å²) in [4.78, 5) is 37.9. The van der Waals surface area contributed by atoms with Crippen molar-refractivity contribution in [2.75, 3.05) is 19.5 Å². The van der Waals surface area contributed by atoms with Crippen molar-refractivity contribution in [1.29, 1.82) is 0 Å². The number of hydrogen-bond donors (Lipinski definition) is 2. The van der Waals surface area contributed by atoms with Crippen molar-refractivity contribution in [1.82, 2.24) is 10.2 Å². The van der Waals surface area contributed by atoms with Crippen LogP contribution in [0.2, 0.25) is 5.02 Å². The van der Waals surface area contributed by atoms with Gasteiger partial charge in [0.1, 0.15) is 5.75 Å². The highest BCUT2D eigenvalue weighted by molar-refractivity contribution is 6.34. The zero-order chi connectivity index (χ0) is 20.4. The number of piperidine rings is 1. The number of benzene rings is 1. The molecule has 2 aliphatic rings. The van der Waals surface area contributed by atoms with Crippen molar-refractivity contribution >= 4 is 35.2 Å². The molecule has 2 fully saturated rings. The molecule has 28 heavy (non-hydrogen) atoms. The van der Waals surface area contributed by atoms with Crippen molar-refractivity contribution in [3.05, 3.63) is 22.7 Å². The van der Waals surface area contributed by atoms with Crippen LogP contribution in [0.4, 0.5) is 10.5 Å². The molecule has 0 radical (unpaired) electrons. The molecule has 152 valence electrons. The predicted octanol–water partition coefficient (Wildman–Crippen LogP) is 2.80. The van der Waals surface area contributed by atoms with Crippen LogP contribution in [0.5, 0.6) is 5.75 Å². The van der Waals surface area contributed by atoms with E-state index in [1.54, 1.807) is 4.90 Å². The van der Waals surface area contributed by atoms with Gasteiger partial charge in [-0.1, -0.05) is 11.6 Å². The number of ether oxygens (including phenoxy) is 2. The first-order valence-electron chi connectivity index (χ1n) is 9.16. The standard InChI is InChI=1S/C19H24ClN3O5/c1-10(24)21-16-9-17(27-2)14(8-15(16)20)18(25)22-11-6-12-4-5-13(7-11)23(12)19(26)28-3/h8-9,11-13H,4-7H2,1-3H3,(H,21,24)(H,22,25). The summed E-state index contributed by atoms with van der Waals surface area (Å²) in [6, 6.07) is 3.11. The van der Waals surface area contributed by atoms with Gasteiger partial charge in [-0.3, -0.25) is 9.59 Å². The average Bonchev–Trinajstić information content (AvgIpc) is 2.92. The van der Waals surface area contributed by atoms with Crippen LogP contribution in [-0.4, -0.2) is 55.2 Å². The smallest absolute Gasteiger partial charge is 0.409 e. The van der Waals surface area contributed by atoms with E-state index < -0.39 is 0 Å². The van der Waals surface area contributed by atoms with Gasteiger partial charge < -0.3 is 25.0 Å². The van der Waals surface area contributed by atoms with E-state index in [4.69, 9.17) is 21.1 Å². The highest BCUT2D eigenvalue weighted by Crippen LogP contribution is 2.37. The van der Waals surface area contributed by atoms with Gasteiger partial charge in [0, 0.05) is 31.1 Å². The van der Waals surface area contributed by atoms with E-state index in [0.29, 0.717) is 29.8 Å². The van der Waals surface area contributed by atoms with Gasteiger partial charge in [0.05, 0.1) is 30.5 Å². The van der Waals surface area contributed by atoms with Crippen LogP contribution in [0.3, 0.4) is 0 Å². The molecule has 0 spiro atoms. The van der Waals surface area contributed by atoms with E-state index in [9.17, 15) is 14.4 Å². The van der Waals surface area contributed by atoms with E-state index in [2.05, 4.69) is 10.6 Å². The fourth-order valence-electron chi connectivity index (χ4n) is 4.15. The summed E-state index contributed by atoms with van der Waals surface area (Å²) in [5.74, 6) is -0.251. The molecule has 2 heterocycles. The quantitative estimate of drug-likeness (QED) is 0.797. The van der Waals surface area contributed by atoms with Crippen LogP contribution >= 0.6 is 11.6 Å². The molecule has 2 aliphatic heterocycles. The van der Waals surface area contributed by atoms with Crippen molar-refractivity contribution < 1.29 is 23.9 Å². The summed E-state index contributed by atoms with van der Waals surface area (Å²) in [5.41, 5.74) is 0.677. The average molecular weight is 410 g/mol. The second kappa shape index (κ2) is 8.26. The Balaban J connectivity index is 1.73. The van der Waals surface area contributed by atoms with E-state index in [1.807, 2.05) is 0 Å². The molecule has 9 heteroatoms. The lowest BCUT2D eigenvalue weighted by Gasteiger charge is -2.38. The van der Waals surface area contributed by atoms with Gasteiger partial charge in [-0.25, -0.2) is 4.79 Å². The Morgan fingerprint density at radius 1 is 1.14 bits per heavy atom. The third kappa shape index (κ3) is 4.01. The van der Waals surface area contributed by atoms with Crippen molar-refractivity contribution in [2.24, 2.45) is 0 Å². The molecule has 0 aliphatic carbocycles. The summed E-state index contributed by atoms with van der Waals surface area (Å²) in [6.07, 6.45) is 2.87. The minimum absolute atomic E-state index is 0.0515. The molecule has 8 nitrogen and oxygen atoms in total. The summed E-state index contributed by atoms with van der Waals surface area (Å²) in [7, 11) is 2.84. The Bertz CT molecular complexity index is 786. The largest absolute Gasteiger partial charge is 0.496 e. The molecule has 2 atom stereocenters. The first-order valence-corrected chi connectivity index (χ1v) is 9.54. The van der Waals surface area contributed by atoms with E-state index >= 15 is 0 Å². The van der Waals surface area contributed by atoms with E-state index in [-0.39, 0.29) is 41.1 Å². The van der Waals surface area contributed by atoms with E-state index in [0.717, 1.165) is 12.8 Å². The lowest BCUT2D eigenvalue weighted by molar-refractivity contribution is -0.114. The minimum Gasteiger partial charge on any atom is -0.496 e. The maximum atomic E-state index is 12.8. The number of rotatable bonds is 4. The molecule has 2 bridgehead atoms. The molecule has 2 N–H and O–H groups in total. The van der Waals surface area contributed by atoms with Gasteiger partial charge in [0.15, 0.2) is 0 Å². The Morgan fingerprint density at radius 3 is 2.32 bits per heavy atom. The van der Waals surface area contributed by atoms with E-state index in [1.165, 1.54) is 33.3 Å². The van der Waals surface area contributed by atoms with Gasteiger partial charge >= 0.3 is 6.09 Å². The number of carbonyl (C=O) groups excluding carboxylic acids is 3. The fraction of sp³-hybridized carbons (Fsp3) is 0.526. The number of hydrogen-bond acceptors (Lipinski definition) is 5.